The average Bonchev–Trinajstić information content (AvgIpc) is 2.35. The fourth-order valence-electron chi connectivity index (χ4n) is 1.35. The zero-order valence-corrected chi connectivity index (χ0v) is 12.1. The number of halogens is 4. The molecular weight excluding hydrogens is 294 g/mol. The van der Waals surface area contributed by atoms with Crippen molar-refractivity contribution in [3.8, 4) is 0 Å². The van der Waals surface area contributed by atoms with Crippen LogP contribution in [0.2, 0.25) is 0 Å². The first-order valence-corrected chi connectivity index (χ1v) is 6.99. The van der Waals surface area contributed by atoms with Gasteiger partial charge in [-0.05, 0) is 38.3 Å². The highest BCUT2D eigenvalue weighted by molar-refractivity contribution is 7.99. The molecule has 1 amide bonds. The summed E-state index contributed by atoms with van der Waals surface area (Å²) < 4.78 is 50.5. The van der Waals surface area contributed by atoms with Gasteiger partial charge < -0.3 is 5.32 Å². The molecule has 0 aliphatic heterocycles. The topological polar surface area (TPSA) is 29.1 Å². The van der Waals surface area contributed by atoms with Crippen LogP contribution < -0.4 is 5.32 Å². The van der Waals surface area contributed by atoms with Crippen LogP contribution >= 0.6 is 11.8 Å². The molecule has 1 aromatic rings. The van der Waals surface area contributed by atoms with Crippen molar-refractivity contribution < 1.29 is 22.4 Å². The molecular formula is C13H15F4NOS. The Bertz CT molecular complexity index is 500. The minimum Gasteiger partial charge on any atom is -0.351 e. The predicted octanol–water partition coefficient (Wildman–Crippen LogP) is 3.72. The monoisotopic (exact) mass is 309 g/mol. The number of benzene rings is 1. The first-order chi connectivity index (χ1) is 9.07. The lowest BCUT2D eigenvalue weighted by atomic mass is 10.1. The number of rotatable bonds is 4. The molecule has 7 heteroatoms. The lowest BCUT2D eigenvalue weighted by Crippen LogP contribution is -2.36. The van der Waals surface area contributed by atoms with Crippen LogP contribution in [0, 0.1) is 5.82 Å². The van der Waals surface area contributed by atoms with E-state index in [-0.39, 0.29) is 10.3 Å². The van der Waals surface area contributed by atoms with E-state index in [2.05, 4.69) is 5.32 Å². The molecule has 1 N–H and O–H groups in total. The largest absolute Gasteiger partial charge is 0.419 e. The first-order valence-electron chi connectivity index (χ1n) is 5.77. The van der Waals surface area contributed by atoms with Gasteiger partial charge in [-0.25, -0.2) is 4.39 Å². The summed E-state index contributed by atoms with van der Waals surface area (Å²) in [5, 5.41) is 2.54. The Hall–Kier alpha value is -1.24. The molecule has 0 aromatic heterocycles. The van der Waals surface area contributed by atoms with E-state index in [1.54, 1.807) is 0 Å². The molecule has 0 spiro atoms. The number of thioether (sulfide) groups is 1. The van der Waals surface area contributed by atoms with Crippen LogP contribution in [0.3, 0.4) is 0 Å². The zero-order valence-electron chi connectivity index (χ0n) is 11.3. The van der Waals surface area contributed by atoms with E-state index < -0.39 is 23.5 Å². The third-order valence-electron chi connectivity index (χ3n) is 2.76. The third-order valence-corrected chi connectivity index (χ3v) is 4.01. The van der Waals surface area contributed by atoms with Gasteiger partial charge >= 0.3 is 6.18 Å². The summed E-state index contributed by atoms with van der Waals surface area (Å²) in [4.78, 5) is 11.8. The SMILES string of the molecule is CSC(C)(C)CNC(=O)c1ccc(F)c(C(F)(F)F)c1. The Balaban J connectivity index is 2.90. The zero-order chi connectivity index (χ0) is 15.6. The maximum atomic E-state index is 13.1. The summed E-state index contributed by atoms with van der Waals surface area (Å²) in [6.07, 6.45) is -2.95. The molecule has 0 bridgehead atoms. The molecule has 112 valence electrons. The smallest absolute Gasteiger partial charge is 0.351 e. The quantitative estimate of drug-likeness (QED) is 0.859. The number of hydrogen-bond acceptors (Lipinski definition) is 2. The number of nitrogens with one attached hydrogen (secondary N) is 1. The standard InChI is InChI=1S/C13H15F4NOS/c1-12(2,20-3)7-18-11(19)8-4-5-10(14)9(6-8)13(15,16)17/h4-6H,7H2,1-3H3,(H,18,19). The minimum atomic E-state index is -4.82. The van der Waals surface area contributed by atoms with Crippen LogP contribution in [0.4, 0.5) is 17.6 Å². The first kappa shape index (κ1) is 16.8. The lowest BCUT2D eigenvalue weighted by Gasteiger charge is -2.22. The Morgan fingerprint density at radius 1 is 1.30 bits per heavy atom. The number of carbonyl (C=O) groups is 1. The van der Waals surface area contributed by atoms with Crippen molar-refractivity contribution in [2.75, 3.05) is 12.8 Å². The van der Waals surface area contributed by atoms with Gasteiger partial charge in [0.25, 0.3) is 5.91 Å². The highest BCUT2D eigenvalue weighted by atomic mass is 32.2. The Morgan fingerprint density at radius 2 is 1.90 bits per heavy atom. The van der Waals surface area contributed by atoms with Gasteiger partial charge in [-0.15, -0.1) is 0 Å². The maximum Gasteiger partial charge on any atom is 0.419 e. The summed E-state index contributed by atoms with van der Waals surface area (Å²) in [6, 6.07) is 2.21. The van der Waals surface area contributed by atoms with Gasteiger partial charge in [0, 0.05) is 16.9 Å². The fraction of sp³-hybridized carbons (Fsp3) is 0.462. The molecule has 0 aliphatic rings. The lowest BCUT2D eigenvalue weighted by molar-refractivity contribution is -0.140. The summed E-state index contributed by atoms with van der Waals surface area (Å²) in [5.74, 6) is -2.05. The minimum absolute atomic E-state index is 0.212. The van der Waals surface area contributed by atoms with Crippen molar-refractivity contribution in [3.05, 3.63) is 35.1 Å². The number of alkyl halides is 3. The molecule has 1 aromatic carbocycles. The van der Waals surface area contributed by atoms with Crippen molar-refractivity contribution in [1.29, 1.82) is 0 Å². The predicted molar refractivity (Wildman–Crippen MR) is 71.3 cm³/mol. The second kappa shape index (κ2) is 6.03. The molecule has 0 fully saturated rings. The van der Waals surface area contributed by atoms with Crippen molar-refractivity contribution in [3.63, 3.8) is 0 Å². The van der Waals surface area contributed by atoms with E-state index in [0.717, 1.165) is 6.07 Å². The van der Waals surface area contributed by atoms with Gasteiger partial charge in [-0.2, -0.15) is 24.9 Å². The van der Waals surface area contributed by atoms with Crippen molar-refractivity contribution >= 4 is 17.7 Å². The third kappa shape index (κ3) is 4.40. The van der Waals surface area contributed by atoms with Gasteiger partial charge in [0.05, 0.1) is 5.56 Å². The molecule has 20 heavy (non-hydrogen) atoms. The van der Waals surface area contributed by atoms with Crippen LogP contribution in [-0.2, 0) is 6.18 Å². The van der Waals surface area contributed by atoms with E-state index >= 15 is 0 Å². The molecule has 0 aliphatic carbocycles. The Labute approximate surface area is 118 Å². The van der Waals surface area contributed by atoms with Crippen molar-refractivity contribution in [1.82, 2.24) is 5.32 Å². The van der Waals surface area contributed by atoms with E-state index in [0.29, 0.717) is 18.7 Å². The van der Waals surface area contributed by atoms with Crippen LogP contribution in [0.5, 0.6) is 0 Å². The number of carbonyl (C=O) groups excluding carboxylic acids is 1. The highest BCUT2D eigenvalue weighted by Gasteiger charge is 2.34. The van der Waals surface area contributed by atoms with Gasteiger partial charge in [-0.3, -0.25) is 4.79 Å². The molecule has 0 saturated heterocycles. The van der Waals surface area contributed by atoms with Gasteiger partial charge in [0.15, 0.2) is 0 Å². The van der Waals surface area contributed by atoms with Crippen molar-refractivity contribution in [2.24, 2.45) is 0 Å². The molecule has 2 nitrogen and oxygen atoms in total. The van der Waals surface area contributed by atoms with Gasteiger partial charge in [0.1, 0.15) is 5.82 Å². The second-order valence-corrected chi connectivity index (χ2v) is 6.35. The van der Waals surface area contributed by atoms with E-state index in [1.165, 1.54) is 11.8 Å². The van der Waals surface area contributed by atoms with E-state index in [4.69, 9.17) is 0 Å². The van der Waals surface area contributed by atoms with Crippen LogP contribution in [0.1, 0.15) is 29.8 Å². The number of hydrogen-bond donors (Lipinski definition) is 1. The molecule has 0 atom stereocenters. The van der Waals surface area contributed by atoms with Crippen LogP contribution in [-0.4, -0.2) is 23.5 Å². The van der Waals surface area contributed by atoms with E-state index in [1.807, 2.05) is 20.1 Å². The second-order valence-electron chi connectivity index (χ2n) is 4.84. The highest BCUT2D eigenvalue weighted by Crippen LogP contribution is 2.31. The summed E-state index contributed by atoms with van der Waals surface area (Å²) in [5.41, 5.74) is -1.65. The van der Waals surface area contributed by atoms with Gasteiger partial charge in [0.2, 0.25) is 0 Å². The molecule has 0 unspecified atom stereocenters. The number of amides is 1. The summed E-state index contributed by atoms with van der Waals surface area (Å²) in [6.45, 7) is 4.08. The fourth-order valence-corrected chi connectivity index (χ4v) is 1.57. The summed E-state index contributed by atoms with van der Waals surface area (Å²) >= 11 is 1.52. The molecule has 0 saturated carbocycles. The van der Waals surface area contributed by atoms with Crippen LogP contribution in [0.15, 0.2) is 18.2 Å². The van der Waals surface area contributed by atoms with Crippen LogP contribution in [0.25, 0.3) is 0 Å². The maximum absolute atomic E-state index is 13.1. The summed E-state index contributed by atoms with van der Waals surface area (Å²) in [7, 11) is 0. The Kier molecular flexibility index (Phi) is 5.07. The molecule has 1 rings (SSSR count). The molecule has 0 radical (unpaired) electrons. The van der Waals surface area contributed by atoms with E-state index in [9.17, 15) is 22.4 Å². The average molecular weight is 309 g/mol. The normalized spacial score (nSPS) is 12.3. The van der Waals surface area contributed by atoms with Gasteiger partial charge in [-0.1, -0.05) is 0 Å². The van der Waals surface area contributed by atoms with Crippen molar-refractivity contribution in [2.45, 2.75) is 24.8 Å². The molecule has 0 heterocycles. The Morgan fingerprint density at radius 3 is 2.40 bits per heavy atom.